The van der Waals surface area contributed by atoms with Gasteiger partial charge in [0.05, 0.1) is 5.69 Å². The number of hydrogen-bond donors (Lipinski definition) is 2. The van der Waals surface area contributed by atoms with Gasteiger partial charge < -0.3 is 11.1 Å². The monoisotopic (exact) mass is 226 g/mol. The number of benzene rings is 1. The third kappa shape index (κ3) is 3.55. The normalized spacial score (nSPS) is 9.79. The van der Waals surface area contributed by atoms with Crippen LogP contribution in [0.15, 0.2) is 29.2 Å². The van der Waals surface area contributed by atoms with Crippen LogP contribution in [-0.2, 0) is 0 Å². The van der Waals surface area contributed by atoms with Crippen molar-refractivity contribution in [3.63, 3.8) is 0 Å². The fourth-order valence-corrected chi connectivity index (χ4v) is 2.02. The third-order valence-electron chi connectivity index (χ3n) is 1.61. The molecule has 0 saturated carbocycles. The van der Waals surface area contributed by atoms with Crippen LogP contribution in [0, 0.1) is 0 Å². The molecule has 3 N–H and O–H groups in total. The maximum Gasteiger partial charge on any atom is 0.168 e. The molecule has 0 unspecified atom stereocenters. The van der Waals surface area contributed by atoms with E-state index in [1.165, 1.54) is 4.90 Å². The summed E-state index contributed by atoms with van der Waals surface area (Å²) in [5.41, 5.74) is 6.43. The average molecular weight is 226 g/mol. The fraction of sp³-hybridized carbons (Fsp3) is 0.300. The van der Waals surface area contributed by atoms with Gasteiger partial charge in [-0.25, -0.2) is 0 Å². The molecule has 0 amide bonds. The fourth-order valence-electron chi connectivity index (χ4n) is 1.04. The van der Waals surface area contributed by atoms with E-state index in [1.807, 2.05) is 30.0 Å². The Morgan fingerprint density at radius 1 is 1.50 bits per heavy atom. The molecule has 4 heteroatoms. The van der Waals surface area contributed by atoms with E-state index in [0.29, 0.717) is 5.11 Å². The summed E-state index contributed by atoms with van der Waals surface area (Å²) in [6.45, 7) is 2.16. The van der Waals surface area contributed by atoms with E-state index in [1.54, 1.807) is 0 Å². The summed E-state index contributed by atoms with van der Waals surface area (Å²) in [7, 11) is 0. The van der Waals surface area contributed by atoms with E-state index in [9.17, 15) is 0 Å². The summed E-state index contributed by atoms with van der Waals surface area (Å²) < 4.78 is 0. The van der Waals surface area contributed by atoms with Gasteiger partial charge in [0.25, 0.3) is 0 Å². The smallest absolute Gasteiger partial charge is 0.168 e. The van der Waals surface area contributed by atoms with Crippen molar-refractivity contribution in [1.29, 1.82) is 0 Å². The summed E-state index contributed by atoms with van der Waals surface area (Å²) in [4.78, 5) is 1.20. The highest BCUT2D eigenvalue weighted by Crippen LogP contribution is 2.27. The van der Waals surface area contributed by atoms with Crippen LogP contribution in [0.4, 0.5) is 5.69 Å². The average Bonchev–Trinajstić information content (AvgIpc) is 2.16. The zero-order valence-electron chi connectivity index (χ0n) is 8.12. The highest BCUT2D eigenvalue weighted by molar-refractivity contribution is 7.99. The SMILES string of the molecule is CCCSc1ccccc1NC(N)=S. The summed E-state index contributed by atoms with van der Waals surface area (Å²) in [5, 5.41) is 3.29. The lowest BCUT2D eigenvalue weighted by Crippen LogP contribution is -2.19. The van der Waals surface area contributed by atoms with Gasteiger partial charge in [0.2, 0.25) is 0 Å². The number of thiocarbonyl (C=S) groups is 1. The Kier molecular flexibility index (Phi) is 4.76. The van der Waals surface area contributed by atoms with E-state index < -0.39 is 0 Å². The molecular formula is C10H14N2S2. The van der Waals surface area contributed by atoms with Crippen LogP contribution < -0.4 is 11.1 Å². The summed E-state index contributed by atoms with van der Waals surface area (Å²) >= 11 is 6.62. The number of nitrogens with two attached hydrogens (primary N) is 1. The minimum Gasteiger partial charge on any atom is -0.376 e. The van der Waals surface area contributed by atoms with Gasteiger partial charge in [-0.15, -0.1) is 11.8 Å². The minimum atomic E-state index is 0.314. The molecule has 0 heterocycles. The number of rotatable bonds is 4. The van der Waals surface area contributed by atoms with Crippen LogP contribution in [0.25, 0.3) is 0 Å². The van der Waals surface area contributed by atoms with Crippen molar-refractivity contribution in [3.05, 3.63) is 24.3 Å². The second-order valence-electron chi connectivity index (χ2n) is 2.83. The Labute approximate surface area is 94.3 Å². The van der Waals surface area contributed by atoms with E-state index in [2.05, 4.69) is 18.3 Å². The predicted molar refractivity (Wildman–Crippen MR) is 67.9 cm³/mol. The van der Waals surface area contributed by atoms with Crippen LogP contribution in [0.2, 0.25) is 0 Å². The third-order valence-corrected chi connectivity index (χ3v) is 2.99. The largest absolute Gasteiger partial charge is 0.376 e. The first-order valence-corrected chi connectivity index (χ1v) is 5.91. The molecule has 0 atom stereocenters. The predicted octanol–water partition coefficient (Wildman–Crippen LogP) is 2.84. The standard InChI is InChI=1S/C10H14N2S2/c1-2-7-14-9-6-4-3-5-8(9)12-10(11)13/h3-6H,2,7H2,1H3,(H3,11,12,13). The van der Waals surface area contributed by atoms with E-state index in [-0.39, 0.29) is 0 Å². The summed E-state index contributed by atoms with van der Waals surface area (Å²) in [6.07, 6.45) is 1.16. The molecule has 0 saturated heterocycles. The quantitative estimate of drug-likeness (QED) is 0.611. The van der Waals surface area contributed by atoms with E-state index in [0.717, 1.165) is 17.9 Å². The number of hydrogen-bond acceptors (Lipinski definition) is 2. The Morgan fingerprint density at radius 3 is 2.86 bits per heavy atom. The molecule has 0 bridgehead atoms. The molecule has 1 aromatic carbocycles. The van der Waals surface area contributed by atoms with Gasteiger partial charge in [-0.1, -0.05) is 19.1 Å². The van der Waals surface area contributed by atoms with Crippen molar-refractivity contribution in [2.45, 2.75) is 18.2 Å². The summed E-state index contributed by atoms with van der Waals surface area (Å²) in [5.74, 6) is 1.11. The Hall–Kier alpha value is -0.740. The minimum absolute atomic E-state index is 0.314. The lowest BCUT2D eigenvalue weighted by molar-refractivity contribution is 1.10. The molecule has 2 nitrogen and oxygen atoms in total. The number of nitrogens with one attached hydrogen (secondary N) is 1. The van der Waals surface area contributed by atoms with Crippen LogP contribution in [0.3, 0.4) is 0 Å². The molecule has 0 aliphatic rings. The second kappa shape index (κ2) is 5.88. The van der Waals surface area contributed by atoms with E-state index in [4.69, 9.17) is 18.0 Å². The molecule has 0 radical (unpaired) electrons. The molecule has 0 aliphatic heterocycles. The van der Waals surface area contributed by atoms with Gasteiger partial charge in [0, 0.05) is 4.90 Å². The highest BCUT2D eigenvalue weighted by atomic mass is 32.2. The molecule has 0 fully saturated rings. The number of anilines is 1. The molecule has 0 spiro atoms. The van der Waals surface area contributed by atoms with E-state index >= 15 is 0 Å². The Morgan fingerprint density at radius 2 is 2.21 bits per heavy atom. The van der Waals surface area contributed by atoms with Crippen molar-refractivity contribution in [1.82, 2.24) is 0 Å². The zero-order valence-corrected chi connectivity index (χ0v) is 9.75. The maximum atomic E-state index is 5.43. The van der Waals surface area contributed by atoms with Crippen LogP contribution in [0.1, 0.15) is 13.3 Å². The van der Waals surface area contributed by atoms with Crippen LogP contribution in [0.5, 0.6) is 0 Å². The van der Waals surface area contributed by atoms with Crippen molar-refractivity contribution in [3.8, 4) is 0 Å². The lowest BCUT2D eigenvalue weighted by atomic mass is 10.3. The molecule has 76 valence electrons. The van der Waals surface area contributed by atoms with Crippen molar-refractivity contribution in [2.24, 2.45) is 5.73 Å². The molecule has 1 rings (SSSR count). The Balaban J connectivity index is 2.74. The topological polar surface area (TPSA) is 38.0 Å². The lowest BCUT2D eigenvalue weighted by Gasteiger charge is -2.09. The molecule has 0 aromatic heterocycles. The van der Waals surface area contributed by atoms with Crippen molar-refractivity contribution in [2.75, 3.05) is 11.1 Å². The Bertz CT molecular complexity index is 313. The number of para-hydroxylation sites is 1. The first kappa shape index (κ1) is 11.3. The van der Waals surface area contributed by atoms with Crippen molar-refractivity contribution >= 4 is 34.8 Å². The van der Waals surface area contributed by atoms with Crippen molar-refractivity contribution < 1.29 is 0 Å². The van der Waals surface area contributed by atoms with Gasteiger partial charge in [0.1, 0.15) is 0 Å². The van der Waals surface area contributed by atoms with Gasteiger partial charge in [-0.05, 0) is 36.5 Å². The maximum absolute atomic E-state index is 5.43. The molecule has 14 heavy (non-hydrogen) atoms. The molecule has 1 aromatic rings. The number of thioether (sulfide) groups is 1. The molecular weight excluding hydrogens is 212 g/mol. The van der Waals surface area contributed by atoms with Crippen LogP contribution >= 0.6 is 24.0 Å². The highest BCUT2D eigenvalue weighted by Gasteiger charge is 2.01. The first-order valence-electron chi connectivity index (χ1n) is 4.52. The van der Waals surface area contributed by atoms with Gasteiger partial charge >= 0.3 is 0 Å². The van der Waals surface area contributed by atoms with Crippen LogP contribution in [-0.4, -0.2) is 10.9 Å². The second-order valence-corrected chi connectivity index (χ2v) is 4.41. The van der Waals surface area contributed by atoms with Gasteiger partial charge in [-0.2, -0.15) is 0 Å². The van der Waals surface area contributed by atoms with Gasteiger partial charge in [0.15, 0.2) is 5.11 Å². The van der Waals surface area contributed by atoms with Gasteiger partial charge in [-0.3, -0.25) is 0 Å². The zero-order chi connectivity index (χ0) is 10.4. The molecule has 0 aliphatic carbocycles. The summed E-state index contributed by atoms with van der Waals surface area (Å²) in [6, 6.07) is 8.04. The first-order chi connectivity index (χ1) is 6.74.